The van der Waals surface area contributed by atoms with Gasteiger partial charge in [-0.05, 0) is 12.3 Å². The van der Waals surface area contributed by atoms with Crippen LogP contribution in [0.25, 0.3) is 0 Å². The number of hydrogen-bond donors (Lipinski definition) is 3. The Morgan fingerprint density at radius 1 is 1.21 bits per heavy atom. The highest BCUT2D eigenvalue weighted by atomic mass is 16.3. The fourth-order valence-electron chi connectivity index (χ4n) is 1.39. The Labute approximate surface area is 87.5 Å². The van der Waals surface area contributed by atoms with Gasteiger partial charge in [-0.25, -0.2) is 0 Å². The van der Waals surface area contributed by atoms with Gasteiger partial charge in [0.15, 0.2) is 0 Å². The zero-order chi connectivity index (χ0) is 11.2. The Morgan fingerprint density at radius 3 is 2.00 bits per heavy atom. The van der Waals surface area contributed by atoms with Crippen LogP contribution in [0.2, 0.25) is 0 Å². The molecule has 0 rings (SSSR count). The summed E-state index contributed by atoms with van der Waals surface area (Å²) >= 11 is 0. The largest absolute Gasteiger partial charge is 0.396 e. The predicted octanol–water partition coefficient (Wildman–Crippen LogP) is 1.00. The van der Waals surface area contributed by atoms with Crippen molar-refractivity contribution >= 4 is 0 Å². The fraction of sp³-hybridized carbons (Fsp3) is 1.00. The van der Waals surface area contributed by atoms with Crippen LogP contribution in [0.5, 0.6) is 0 Å². The molecule has 86 valence electrons. The van der Waals surface area contributed by atoms with Crippen LogP contribution in [0.1, 0.15) is 34.1 Å². The molecule has 0 aliphatic heterocycles. The maximum atomic E-state index is 9.11. The predicted molar refractivity (Wildman–Crippen MR) is 59.2 cm³/mol. The fourth-order valence-corrected chi connectivity index (χ4v) is 1.39. The van der Waals surface area contributed by atoms with Crippen LogP contribution in [0, 0.1) is 11.3 Å². The molecular weight excluding hydrogens is 178 g/mol. The Morgan fingerprint density at radius 2 is 1.71 bits per heavy atom. The highest BCUT2D eigenvalue weighted by molar-refractivity contribution is 4.78. The molecule has 0 aromatic heterocycles. The molecule has 0 aliphatic rings. The van der Waals surface area contributed by atoms with E-state index in [0.717, 1.165) is 6.42 Å². The molecule has 0 saturated heterocycles. The minimum absolute atomic E-state index is 0.0189. The van der Waals surface area contributed by atoms with E-state index in [9.17, 15) is 0 Å². The van der Waals surface area contributed by atoms with E-state index < -0.39 is 5.41 Å². The van der Waals surface area contributed by atoms with E-state index in [-0.39, 0.29) is 13.2 Å². The van der Waals surface area contributed by atoms with Crippen LogP contribution >= 0.6 is 0 Å². The third-order valence-corrected chi connectivity index (χ3v) is 2.80. The summed E-state index contributed by atoms with van der Waals surface area (Å²) in [4.78, 5) is 0. The van der Waals surface area contributed by atoms with Gasteiger partial charge in [0.25, 0.3) is 0 Å². The van der Waals surface area contributed by atoms with Gasteiger partial charge < -0.3 is 15.5 Å². The molecule has 0 saturated carbocycles. The van der Waals surface area contributed by atoms with Crippen LogP contribution in [0.3, 0.4) is 0 Å². The molecule has 0 bridgehead atoms. The molecule has 1 unspecified atom stereocenters. The smallest absolute Gasteiger partial charge is 0.0518 e. The van der Waals surface area contributed by atoms with Crippen molar-refractivity contribution in [3.63, 3.8) is 0 Å². The van der Waals surface area contributed by atoms with Crippen molar-refractivity contribution in [1.82, 2.24) is 5.32 Å². The third-order valence-electron chi connectivity index (χ3n) is 2.80. The zero-order valence-electron chi connectivity index (χ0n) is 9.88. The molecule has 3 nitrogen and oxygen atoms in total. The highest BCUT2D eigenvalue weighted by Gasteiger charge is 2.23. The van der Waals surface area contributed by atoms with Crippen LogP contribution in [0.15, 0.2) is 0 Å². The summed E-state index contributed by atoms with van der Waals surface area (Å²) in [6.45, 7) is 9.08. The van der Waals surface area contributed by atoms with Crippen molar-refractivity contribution in [2.24, 2.45) is 11.3 Å². The summed E-state index contributed by atoms with van der Waals surface area (Å²) < 4.78 is 0. The number of rotatable bonds is 7. The lowest BCUT2D eigenvalue weighted by Gasteiger charge is -2.29. The van der Waals surface area contributed by atoms with E-state index in [1.165, 1.54) is 0 Å². The minimum atomic E-state index is -0.400. The van der Waals surface area contributed by atoms with Crippen LogP contribution in [-0.4, -0.2) is 36.0 Å². The first-order valence-electron chi connectivity index (χ1n) is 5.44. The summed E-state index contributed by atoms with van der Waals surface area (Å²) in [6.07, 6.45) is 1.07. The van der Waals surface area contributed by atoms with E-state index in [1.807, 2.05) is 6.92 Å². The first-order valence-corrected chi connectivity index (χ1v) is 5.44. The maximum Gasteiger partial charge on any atom is 0.0518 e. The Balaban J connectivity index is 4.00. The standard InChI is InChI=1S/C11H25NO2/c1-5-10(9(2)3)12-6-11(4,7-13)8-14/h9-10,12-14H,5-8H2,1-4H3. The Kier molecular flexibility index (Phi) is 6.33. The normalized spacial score (nSPS) is 14.8. The van der Waals surface area contributed by atoms with Crippen molar-refractivity contribution in [1.29, 1.82) is 0 Å². The monoisotopic (exact) mass is 203 g/mol. The molecule has 1 atom stereocenters. The molecular formula is C11H25NO2. The van der Waals surface area contributed by atoms with Gasteiger partial charge in [0.2, 0.25) is 0 Å². The second kappa shape index (κ2) is 6.38. The lowest BCUT2D eigenvalue weighted by atomic mass is 9.91. The Hall–Kier alpha value is -0.120. The SMILES string of the molecule is CCC(NCC(C)(CO)CO)C(C)C. The molecule has 0 spiro atoms. The van der Waals surface area contributed by atoms with Crippen LogP contribution < -0.4 is 5.32 Å². The molecule has 0 aliphatic carbocycles. The third kappa shape index (κ3) is 4.40. The van der Waals surface area contributed by atoms with Gasteiger partial charge in [0.1, 0.15) is 0 Å². The van der Waals surface area contributed by atoms with Crippen molar-refractivity contribution in [3.05, 3.63) is 0 Å². The molecule has 3 N–H and O–H groups in total. The van der Waals surface area contributed by atoms with Gasteiger partial charge in [-0.3, -0.25) is 0 Å². The van der Waals surface area contributed by atoms with Crippen LogP contribution in [0.4, 0.5) is 0 Å². The maximum absolute atomic E-state index is 9.11. The number of aliphatic hydroxyl groups excluding tert-OH is 2. The van der Waals surface area contributed by atoms with E-state index in [1.54, 1.807) is 0 Å². The number of nitrogens with one attached hydrogen (secondary N) is 1. The first kappa shape index (κ1) is 13.9. The minimum Gasteiger partial charge on any atom is -0.396 e. The first-order chi connectivity index (χ1) is 6.49. The highest BCUT2D eigenvalue weighted by Crippen LogP contribution is 2.14. The number of hydrogen-bond acceptors (Lipinski definition) is 3. The van der Waals surface area contributed by atoms with E-state index in [2.05, 4.69) is 26.1 Å². The second-order valence-electron chi connectivity index (χ2n) is 4.77. The molecule has 0 amide bonds. The Bertz CT molecular complexity index is 144. The molecule has 0 heterocycles. The van der Waals surface area contributed by atoms with E-state index in [0.29, 0.717) is 18.5 Å². The van der Waals surface area contributed by atoms with Crippen molar-refractivity contribution in [3.8, 4) is 0 Å². The number of aliphatic hydroxyl groups is 2. The second-order valence-corrected chi connectivity index (χ2v) is 4.77. The zero-order valence-corrected chi connectivity index (χ0v) is 9.88. The van der Waals surface area contributed by atoms with Gasteiger partial charge in [-0.15, -0.1) is 0 Å². The summed E-state index contributed by atoms with van der Waals surface area (Å²) in [6, 6.07) is 0.465. The lowest BCUT2D eigenvalue weighted by Crippen LogP contribution is -2.44. The molecule has 3 heteroatoms. The van der Waals surface area contributed by atoms with Gasteiger partial charge in [-0.1, -0.05) is 27.7 Å². The summed E-state index contributed by atoms with van der Waals surface area (Å²) in [5, 5.41) is 21.6. The van der Waals surface area contributed by atoms with Gasteiger partial charge in [0, 0.05) is 18.0 Å². The molecule has 0 aromatic rings. The molecule has 0 aromatic carbocycles. The van der Waals surface area contributed by atoms with Gasteiger partial charge in [0.05, 0.1) is 13.2 Å². The summed E-state index contributed by atoms with van der Waals surface area (Å²) in [5.41, 5.74) is -0.400. The van der Waals surface area contributed by atoms with Crippen molar-refractivity contribution in [2.45, 2.75) is 40.2 Å². The lowest BCUT2D eigenvalue weighted by molar-refractivity contribution is 0.0655. The van der Waals surface area contributed by atoms with E-state index in [4.69, 9.17) is 10.2 Å². The molecule has 0 fully saturated rings. The van der Waals surface area contributed by atoms with Crippen molar-refractivity contribution < 1.29 is 10.2 Å². The van der Waals surface area contributed by atoms with E-state index >= 15 is 0 Å². The average molecular weight is 203 g/mol. The van der Waals surface area contributed by atoms with Crippen LogP contribution in [-0.2, 0) is 0 Å². The molecule has 0 radical (unpaired) electrons. The molecule has 14 heavy (non-hydrogen) atoms. The summed E-state index contributed by atoms with van der Waals surface area (Å²) in [5.74, 6) is 0.585. The topological polar surface area (TPSA) is 52.5 Å². The van der Waals surface area contributed by atoms with Gasteiger partial charge in [-0.2, -0.15) is 0 Å². The quantitative estimate of drug-likeness (QED) is 0.578. The summed E-state index contributed by atoms with van der Waals surface area (Å²) in [7, 11) is 0. The van der Waals surface area contributed by atoms with Crippen molar-refractivity contribution in [2.75, 3.05) is 19.8 Å². The van der Waals surface area contributed by atoms with Gasteiger partial charge >= 0.3 is 0 Å². The average Bonchev–Trinajstić information content (AvgIpc) is 2.18.